The number of hydrogen-bond acceptors (Lipinski definition) is 5. The van der Waals surface area contributed by atoms with Crippen molar-refractivity contribution < 1.29 is 14.2 Å². The molecule has 13 heavy (non-hydrogen) atoms. The van der Waals surface area contributed by atoms with E-state index in [-0.39, 0.29) is 12.3 Å². The van der Waals surface area contributed by atoms with Gasteiger partial charge in [0, 0.05) is 13.3 Å². The zero-order valence-corrected chi connectivity index (χ0v) is 8.72. The molecule has 1 atom stereocenters. The Kier molecular flexibility index (Phi) is 6.34. The Morgan fingerprint density at radius 2 is 2.38 bits per heavy atom. The van der Waals surface area contributed by atoms with Gasteiger partial charge in [-0.2, -0.15) is 0 Å². The van der Waals surface area contributed by atoms with E-state index in [9.17, 15) is 4.79 Å². The summed E-state index contributed by atoms with van der Waals surface area (Å²) in [5.41, 5.74) is 0.387. The summed E-state index contributed by atoms with van der Waals surface area (Å²) in [6, 6.07) is 0. The van der Waals surface area contributed by atoms with Gasteiger partial charge in [-0.3, -0.25) is 4.79 Å². The fourth-order valence-corrected chi connectivity index (χ4v) is 1.14. The zero-order chi connectivity index (χ0) is 10.3. The van der Waals surface area contributed by atoms with Gasteiger partial charge in [-0.1, -0.05) is 5.16 Å². The molecule has 0 radical (unpaired) electrons. The van der Waals surface area contributed by atoms with Gasteiger partial charge in [0.15, 0.2) is 0 Å². The van der Waals surface area contributed by atoms with Gasteiger partial charge in [0.05, 0.1) is 12.1 Å². The summed E-state index contributed by atoms with van der Waals surface area (Å²) in [6.45, 7) is 1.60. The van der Waals surface area contributed by atoms with Crippen molar-refractivity contribution in [3.8, 4) is 0 Å². The van der Waals surface area contributed by atoms with Gasteiger partial charge in [-0.15, -0.1) is 0 Å². The maximum absolute atomic E-state index is 11.0. The van der Waals surface area contributed by atoms with Crippen molar-refractivity contribution in [1.82, 2.24) is 5.32 Å². The second-order valence-corrected chi connectivity index (χ2v) is 2.90. The fraction of sp³-hybridized carbons (Fsp3) is 0.714. The number of amides is 1. The summed E-state index contributed by atoms with van der Waals surface area (Å²) in [5, 5.41) is 13.9. The Morgan fingerprint density at radius 3 is 2.77 bits per heavy atom. The Bertz CT molecular complexity index is 196. The summed E-state index contributed by atoms with van der Waals surface area (Å²) in [6.07, 6.45) is 1.43. The van der Waals surface area contributed by atoms with E-state index in [1.165, 1.54) is 0 Å². The number of rotatable bonds is 5. The Hall–Kier alpha value is -0.750. The topological polar surface area (TPSA) is 70.9 Å². The van der Waals surface area contributed by atoms with Gasteiger partial charge >= 0.3 is 0 Å². The number of oxime groups is 1. The maximum Gasteiger partial charge on any atom is 0.222 e. The van der Waals surface area contributed by atoms with Crippen molar-refractivity contribution in [2.45, 2.75) is 19.4 Å². The van der Waals surface area contributed by atoms with Gasteiger partial charge < -0.3 is 14.7 Å². The van der Waals surface area contributed by atoms with Crippen LogP contribution in [0.25, 0.3) is 0 Å². The van der Waals surface area contributed by atoms with E-state index in [1.54, 1.807) is 20.2 Å². The summed E-state index contributed by atoms with van der Waals surface area (Å²) >= 11 is 1.13. The lowest BCUT2D eigenvalue weighted by atomic mass is 10.2. The highest BCUT2D eigenvalue weighted by Gasteiger charge is 2.17. The maximum atomic E-state index is 11.0. The normalized spacial score (nSPS) is 13.9. The molecule has 0 fully saturated rings. The number of nitrogens with one attached hydrogen (secondary N) is 1. The second-order valence-electron chi connectivity index (χ2n) is 2.37. The molecule has 0 saturated carbocycles. The molecule has 76 valence electrons. The van der Waals surface area contributed by atoms with Crippen LogP contribution in [0, 0.1) is 0 Å². The third kappa shape index (κ3) is 4.74. The van der Waals surface area contributed by atoms with E-state index >= 15 is 0 Å². The molecule has 6 heteroatoms. The number of carbonyl (C=O) groups is 1. The van der Waals surface area contributed by atoms with Crippen LogP contribution in [0.3, 0.4) is 0 Å². The quantitative estimate of drug-likeness (QED) is 0.300. The van der Waals surface area contributed by atoms with Crippen molar-refractivity contribution in [2.24, 2.45) is 5.16 Å². The molecule has 0 saturated heterocycles. The molecule has 1 unspecified atom stereocenters. The third-order valence-electron chi connectivity index (χ3n) is 1.49. The summed E-state index contributed by atoms with van der Waals surface area (Å²) in [7, 11) is 1.55. The number of nitrogens with zero attached hydrogens (tertiary/aromatic N) is 1. The van der Waals surface area contributed by atoms with Crippen LogP contribution in [0.5, 0.6) is 0 Å². The van der Waals surface area contributed by atoms with Gasteiger partial charge in [0.2, 0.25) is 5.91 Å². The molecule has 0 aromatic heterocycles. The molecule has 0 spiro atoms. The van der Waals surface area contributed by atoms with Crippen molar-refractivity contribution in [3.05, 3.63) is 0 Å². The minimum absolute atomic E-state index is 0.151. The highest BCUT2D eigenvalue weighted by Crippen LogP contribution is 2.09. The Labute approximate surface area is 81.7 Å². The van der Waals surface area contributed by atoms with E-state index in [0.29, 0.717) is 5.71 Å². The van der Waals surface area contributed by atoms with E-state index in [2.05, 4.69) is 10.5 Å². The molecule has 0 heterocycles. The molecule has 0 aliphatic carbocycles. The van der Waals surface area contributed by atoms with Crippen LogP contribution in [-0.2, 0) is 8.98 Å². The smallest absolute Gasteiger partial charge is 0.222 e. The van der Waals surface area contributed by atoms with Crippen LogP contribution in [0.2, 0.25) is 0 Å². The first-order chi connectivity index (χ1) is 6.15. The van der Waals surface area contributed by atoms with Gasteiger partial charge in [0.25, 0.3) is 0 Å². The van der Waals surface area contributed by atoms with Crippen molar-refractivity contribution in [3.63, 3.8) is 0 Å². The molecule has 0 bridgehead atoms. The second kappa shape index (κ2) is 6.73. The summed E-state index contributed by atoms with van der Waals surface area (Å²) < 4.78 is 5.13. The zero-order valence-electron chi connectivity index (χ0n) is 7.90. The van der Waals surface area contributed by atoms with E-state index in [4.69, 9.17) is 9.39 Å². The summed E-state index contributed by atoms with van der Waals surface area (Å²) in [4.78, 5) is 11.0. The molecular formula is C7H14N2O3S. The first-order valence-corrected chi connectivity index (χ1v) is 4.89. The Balaban J connectivity index is 4.17. The summed E-state index contributed by atoms with van der Waals surface area (Å²) in [5.74, 6) is -0.151. The van der Waals surface area contributed by atoms with Crippen LogP contribution < -0.4 is 5.32 Å². The predicted molar refractivity (Wildman–Crippen MR) is 52.0 cm³/mol. The highest BCUT2D eigenvalue weighted by molar-refractivity contribution is 7.93. The van der Waals surface area contributed by atoms with Crippen LogP contribution in [0.1, 0.15) is 13.3 Å². The van der Waals surface area contributed by atoms with Crippen molar-refractivity contribution in [1.29, 1.82) is 0 Å². The minimum atomic E-state index is -0.472. The molecular weight excluding hydrogens is 192 g/mol. The largest absolute Gasteiger partial charge is 0.411 e. The van der Waals surface area contributed by atoms with Crippen molar-refractivity contribution >= 4 is 23.7 Å². The van der Waals surface area contributed by atoms with Gasteiger partial charge in [-0.25, -0.2) is 0 Å². The monoisotopic (exact) mass is 206 g/mol. The molecule has 0 aromatic rings. The first kappa shape index (κ1) is 12.2. The van der Waals surface area contributed by atoms with Crippen molar-refractivity contribution in [2.75, 3.05) is 13.3 Å². The van der Waals surface area contributed by atoms with Gasteiger partial charge in [-0.05, 0) is 19.0 Å². The van der Waals surface area contributed by atoms with E-state index in [0.717, 1.165) is 12.0 Å². The number of carbonyl (C=O) groups excluding carboxylic acids is 1. The fourth-order valence-electron chi connectivity index (χ4n) is 0.702. The third-order valence-corrected chi connectivity index (χ3v) is 1.91. The predicted octanol–water partition coefficient (Wildman–Crippen LogP) is 0.636. The van der Waals surface area contributed by atoms with Crippen LogP contribution in [0.15, 0.2) is 5.16 Å². The van der Waals surface area contributed by atoms with E-state index < -0.39 is 6.10 Å². The van der Waals surface area contributed by atoms with E-state index in [1.807, 2.05) is 0 Å². The Morgan fingerprint density at radius 1 is 1.77 bits per heavy atom. The first-order valence-electron chi connectivity index (χ1n) is 3.74. The molecule has 0 aliphatic rings. The lowest BCUT2D eigenvalue weighted by molar-refractivity contribution is -0.121. The number of hydrogen-bond donors (Lipinski definition) is 2. The molecule has 1 amide bonds. The van der Waals surface area contributed by atoms with Crippen LogP contribution in [-0.4, -0.2) is 36.2 Å². The average molecular weight is 206 g/mol. The molecule has 0 aliphatic heterocycles. The van der Waals surface area contributed by atoms with Gasteiger partial charge in [0.1, 0.15) is 6.10 Å². The highest BCUT2D eigenvalue weighted by atomic mass is 32.2. The van der Waals surface area contributed by atoms with Crippen LogP contribution >= 0.6 is 12.0 Å². The molecule has 5 nitrogen and oxygen atoms in total. The standard InChI is InChI=1S/C7H14N2O3S/c1-5(9-11)6(12-13-3)4-7(10)8-2/h6,11H,4H2,1-3H3,(H,8,10). The SMILES string of the molecule is CNC(=O)CC(OSC)C(C)=NO. The molecule has 0 aromatic carbocycles. The molecule has 2 N–H and O–H groups in total. The lowest BCUT2D eigenvalue weighted by Gasteiger charge is -2.12. The minimum Gasteiger partial charge on any atom is -0.411 e. The molecule has 0 rings (SSSR count). The van der Waals surface area contributed by atoms with Crippen LogP contribution in [0.4, 0.5) is 0 Å². The lowest BCUT2D eigenvalue weighted by Crippen LogP contribution is -2.29. The average Bonchev–Trinajstić information content (AvgIpc) is 2.15.